The van der Waals surface area contributed by atoms with Crippen LogP contribution in [0.1, 0.15) is 13.3 Å². The smallest absolute Gasteiger partial charge is 0.243 e. The summed E-state index contributed by atoms with van der Waals surface area (Å²) in [6.45, 7) is 3.25. The van der Waals surface area contributed by atoms with Crippen LogP contribution in [0, 0.1) is 5.92 Å². The van der Waals surface area contributed by atoms with Gasteiger partial charge in [0.05, 0.1) is 28.5 Å². The lowest BCUT2D eigenvalue weighted by Crippen LogP contribution is -2.34. The van der Waals surface area contributed by atoms with Crippen molar-refractivity contribution >= 4 is 21.1 Å². The van der Waals surface area contributed by atoms with Gasteiger partial charge in [-0.3, -0.25) is 5.10 Å². The number of aromatic nitrogens is 4. The monoisotopic (exact) mass is 421 g/mol. The van der Waals surface area contributed by atoms with E-state index in [1.54, 1.807) is 34.8 Å². The molecule has 2 atom stereocenters. The van der Waals surface area contributed by atoms with Gasteiger partial charge in [0.25, 0.3) is 0 Å². The number of fused-ring (bicyclic) bond motifs is 1. The predicted molar refractivity (Wildman–Crippen MR) is 115 cm³/mol. The highest BCUT2D eigenvalue weighted by atomic mass is 32.2. The van der Waals surface area contributed by atoms with Gasteiger partial charge in [0.1, 0.15) is 0 Å². The topological polar surface area (TPSA) is 83.9 Å². The van der Waals surface area contributed by atoms with E-state index < -0.39 is 10.0 Å². The zero-order chi connectivity index (χ0) is 20.7. The lowest BCUT2D eigenvalue weighted by molar-refractivity contribution is 0.399. The van der Waals surface area contributed by atoms with Gasteiger partial charge in [-0.05, 0) is 49.1 Å². The van der Waals surface area contributed by atoms with Gasteiger partial charge in [-0.15, -0.1) is 0 Å². The molecule has 0 saturated carbocycles. The average molecular weight is 422 g/mol. The number of sulfonamides is 1. The van der Waals surface area contributed by atoms with Crippen LogP contribution in [-0.2, 0) is 16.6 Å². The molecule has 0 amide bonds. The molecule has 1 saturated heterocycles. The van der Waals surface area contributed by atoms with Crippen LogP contribution in [0.3, 0.4) is 0 Å². The molecule has 7 nitrogen and oxygen atoms in total. The number of nitrogens with one attached hydrogen (secondary N) is 1. The molecule has 3 heterocycles. The maximum atomic E-state index is 13.1. The lowest BCUT2D eigenvalue weighted by Gasteiger charge is -2.21. The van der Waals surface area contributed by atoms with Crippen LogP contribution in [0.4, 0.5) is 0 Å². The first-order valence-electron chi connectivity index (χ1n) is 10.0. The molecule has 154 valence electrons. The van der Waals surface area contributed by atoms with Gasteiger partial charge in [0, 0.05) is 30.9 Å². The quantitative estimate of drug-likeness (QED) is 0.534. The van der Waals surface area contributed by atoms with Crippen molar-refractivity contribution in [3.05, 3.63) is 67.3 Å². The first kappa shape index (κ1) is 19.0. The van der Waals surface area contributed by atoms with Crippen molar-refractivity contribution in [3.8, 4) is 11.1 Å². The van der Waals surface area contributed by atoms with E-state index in [0.29, 0.717) is 11.4 Å². The summed E-state index contributed by atoms with van der Waals surface area (Å²) in [5, 5.41) is 6.84. The van der Waals surface area contributed by atoms with E-state index in [2.05, 4.69) is 37.9 Å². The van der Waals surface area contributed by atoms with Gasteiger partial charge in [-0.2, -0.15) is 9.40 Å². The standard InChI is InChI=1S/C22H23N5O2S/c1-16-9-17(14-27(16)30(28,29)20-5-3-2-4-6-20)13-26-15-23-21-10-18(7-8-22(21)26)19-11-24-25-12-19/h2-8,10-12,15-17H,9,13-14H2,1H3,(H,24,25)/t16-,17-/m0/s1. The maximum absolute atomic E-state index is 13.1. The number of hydrogen-bond donors (Lipinski definition) is 1. The lowest BCUT2D eigenvalue weighted by atomic mass is 10.1. The summed E-state index contributed by atoms with van der Waals surface area (Å²) in [5.74, 6) is 0.240. The molecule has 1 N–H and O–H groups in total. The molecular formula is C22H23N5O2S. The molecule has 0 unspecified atom stereocenters. The van der Waals surface area contributed by atoms with E-state index >= 15 is 0 Å². The summed E-state index contributed by atoms with van der Waals surface area (Å²) in [5.41, 5.74) is 4.07. The van der Waals surface area contributed by atoms with Gasteiger partial charge >= 0.3 is 0 Å². The molecule has 4 aromatic rings. The molecule has 0 radical (unpaired) electrons. The second-order valence-electron chi connectivity index (χ2n) is 7.93. The van der Waals surface area contributed by atoms with Gasteiger partial charge in [-0.25, -0.2) is 13.4 Å². The third-order valence-corrected chi connectivity index (χ3v) is 7.86. The Balaban J connectivity index is 1.36. The summed E-state index contributed by atoms with van der Waals surface area (Å²) in [4.78, 5) is 4.92. The minimum absolute atomic E-state index is 0.0253. The van der Waals surface area contributed by atoms with Crippen LogP contribution in [0.15, 0.2) is 72.1 Å². The van der Waals surface area contributed by atoms with E-state index in [0.717, 1.165) is 35.1 Å². The van der Waals surface area contributed by atoms with Crippen molar-refractivity contribution in [2.75, 3.05) is 6.54 Å². The van der Waals surface area contributed by atoms with Gasteiger partial charge in [-0.1, -0.05) is 24.3 Å². The van der Waals surface area contributed by atoms with E-state index in [-0.39, 0.29) is 12.0 Å². The Morgan fingerprint density at radius 2 is 1.97 bits per heavy atom. The van der Waals surface area contributed by atoms with Crippen molar-refractivity contribution in [2.24, 2.45) is 5.92 Å². The second kappa shape index (κ2) is 7.37. The third kappa shape index (κ3) is 3.32. The highest BCUT2D eigenvalue weighted by molar-refractivity contribution is 7.89. The van der Waals surface area contributed by atoms with Gasteiger partial charge < -0.3 is 4.57 Å². The fourth-order valence-corrected chi connectivity index (χ4v) is 6.12. The number of hydrogen-bond acceptors (Lipinski definition) is 4. The van der Waals surface area contributed by atoms with Gasteiger partial charge in [0.2, 0.25) is 10.0 Å². The van der Waals surface area contributed by atoms with Crippen LogP contribution in [0.25, 0.3) is 22.2 Å². The van der Waals surface area contributed by atoms with Crippen molar-refractivity contribution in [1.82, 2.24) is 24.1 Å². The summed E-state index contributed by atoms with van der Waals surface area (Å²) < 4.78 is 29.9. The Labute approximate surface area is 175 Å². The van der Waals surface area contributed by atoms with Crippen LogP contribution >= 0.6 is 0 Å². The Morgan fingerprint density at radius 3 is 2.73 bits per heavy atom. The largest absolute Gasteiger partial charge is 0.330 e. The van der Waals surface area contributed by atoms with Crippen molar-refractivity contribution in [2.45, 2.75) is 30.8 Å². The normalized spacial score (nSPS) is 20.2. The number of rotatable bonds is 5. The molecule has 2 aromatic heterocycles. The average Bonchev–Trinajstić information content (AvgIpc) is 3.49. The van der Waals surface area contributed by atoms with Crippen LogP contribution < -0.4 is 0 Å². The predicted octanol–water partition coefficient (Wildman–Crippen LogP) is 3.53. The summed E-state index contributed by atoms with van der Waals surface area (Å²) in [6, 6.07) is 14.9. The number of benzene rings is 2. The van der Waals surface area contributed by atoms with Crippen LogP contribution in [0.5, 0.6) is 0 Å². The molecule has 0 bridgehead atoms. The number of aromatic amines is 1. The Hall–Kier alpha value is -2.97. The zero-order valence-electron chi connectivity index (χ0n) is 16.6. The van der Waals surface area contributed by atoms with Crippen LogP contribution in [0.2, 0.25) is 0 Å². The molecule has 1 fully saturated rings. The highest BCUT2D eigenvalue weighted by Crippen LogP contribution is 2.31. The van der Waals surface area contributed by atoms with Crippen LogP contribution in [-0.4, -0.2) is 45.1 Å². The van der Waals surface area contributed by atoms with E-state index in [4.69, 9.17) is 0 Å². The zero-order valence-corrected chi connectivity index (χ0v) is 17.5. The first-order valence-corrected chi connectivity index (χ1v) is 11.5. The molecular weight excluding hydrogens is 398 g/mol. The maximum Gasteiger partial charge on any atom is 0.243 e. The molecule has 0 aliphatic carbocycles. The van der Waals surface area contributed by atoms with E-state index in [1.165, 1.54) is 0 Å². The Morgan fingerprint density at radius 1 is 1.13 bits per heavy atom. The summed E-state index contributed by atoms with van der Waals surface area (Å²) in [6.07, 6.45) is 6.33. The number of H-pyrrole nitrogens is 1. The molecule has 30 heavy (non-hydrogen) atoms. The SMILES string of the molecule is C[C@H]1C[C@@H](Cn2cnc3cc(-c4cn[nH]c4)ccc32)CN1S(=O)(=O)c1ccccc1. The van der Waals surface area contributed by atoms with Crippen molar-refractivity contribution in [3.63, 3.8) is 0 Å². The Kier molecular flexibility index (Phi) is 4.67. The molecule has 8 heteroatoms. The number of imidazole rings is 1. The minimum Gasteiger partial charge on any atom is -0.330 e. The number of nitrogens with zero attached hydrogens (tertiary/aromatic N) is 4. The first-order chi connectivity index (χ1) is 14.5. The Bertz CT molecular complexity index is 1270. The summed E-state index contributed by atoms with van der Waals surface area (Å²) in [7, 11) is -3.47. The van der Waals surface area contributed by atoms with Crippen molar-refractivity contribution < 1.29 is 8.42 Å². The fourth-order valence-electron chi connectivity index (χ4n) is 4.38. The minimum atomic E-state index is -3.47. The molecule has 2 aromatic carbocycles. The second-order valence-corrected chi connectivity index (χ2v) is 9.82. The molecule has 1 aliphatic heterocycles. The van der Waals surface area contributed by atoms with E-state index in [1.807, 2.05) is 25.5 Å². The molecule has 1 aliphatic rings. The fraction of sp³-hybridized carbons (Fsp3) is 0.273. The highest BCUT2D eigenvalue weighted by Gasteiger charge is 2.37. The molecule has 0 spiro atoms. The van der Waals surface area contributed by atoms with E-state index in [9.17, 15) is 8.42 Å². The summed E-state index contributed by atoms with van der Waals surface area (Å²) >= 11 is 0. The van der Waals surface area contributed by atoms with Gasteiger partial charge in [0.15, 0.2) is 0 Å². The molecule has 5 rings (SSSR count). The third-order valence-electron chi connectivity index (χ3n) is 5.86. The van der Waals surface area contributed by atoms with Crippen molar-refractivity contribution in [1.29, 1.82) is 0 Å².